The van der Waals surface area contributed by atoms with Crippen molar-refractivity contribution in [2.75, 3.05) is 12.3 Å². The van der Waals surface area contributed by atoms with Gasteiger partial charge in [0.25, 0.3) is 0 Å². The van der Waals surface area contributed by atoms with Gasteiger partial charge in [-0.25, -0.2) is 9.97 Å². The van der Waals surface area contributed by atoms with Crippen LogP contribution in [0.1, 0.15) is 30.8 Å². The van der Waals surface area contributed by atoms with Crippen LogP contribution in [0.5, 0.6) is 0 Å². The van der Waals surface area contributed by atoms with Crippen LogP contribution in [0.15, 0.2) is 5.16 Å². The van der Waals surface area contributed by atoms with Crippen LogP contribution in [0, 0.1) is 20.8 Å². The fraction of sp³-hybridized carbons (Fsp3) is 0.692. The number of aryl methyl sites for hydroxylation is 2. The molecular formula is C13H23N3OS. The number of aromatic nitrogens is 2. The average molecular weight is 269 g/mol. The van der Waals surface area contributed by atoms with E-state index in [2.05, 4.69) is 29.1 Å². The van der Waals surface area contributed by atoms with Crippen molar-refractivity contribution in [1.29, 1.82) is 0 Å². The Morgan fingerprint density at radius 3 is 2.22 bits per heavy atom. The Hall–Kier alpha value is -0.650. The van der Waals surface area contributed by atoms with Crippen molar-refractivity contribution in [3.05, 3.63) is 17.0 Å². The molecule has 0 aliphatic rings. The predicted octanol–water partition coefficient (Wildman–Crippen LogP) is 1.85. The molecule has 1 unspecified atom stereocenters. The topological polar surface area (TPSA) is 58.0 Å². The molecule has 1 rings (SSSR count). The molecule has 0 aliphatic carbocycles. The summed E-state index contributed by atoms with van der Waals surface area (Å²) in [4.78, 5) is 8.84. The van der Waals surface area contributed by atoms with Gasteiger partial charge in [-0.2, -0.15) is 0 Å². The van der Waals surface area contributed by atoms with Gasteiger partial charge in [0.05, 0.1) is 6.10 Å². The molecule has 5 heteroatoms. The number of aliphatic hydroxyl groups excluding tert-OH is 1. The van der Waals surface area contributed by atoms with E-state index >= 15 is 0 Å². The molecule has 0 saturated carbocycles. The summed E-state index contributed by atoms with van der Waals surface area (Å²) in [5.74, 6) is 0.613. The maximum atomic E-state index is 9.81. The molecule has 2 N–H and O–H groups in total. The minimum absolute atomic E-state index is 0.372. The lowest BCUT2D eigenvalue weighted by molar-refractivity contribution is 0.192. The minimum atomic E-state index is -0.372. The van der Waals surface area contributed by atoms with Crippen molar-refractivity contribution in [2.45, 2.75) is 51.9 Å². The fourth-order valence-electron chi connectivity index (χ4n) is 1.41. The van der Waals surface area contributed by atoms with E-state index in [0.717, 1.165) is 22.1 Å². The van der Waals surface area contributed by atoms with Crippen molar-refractivity contribution in [2.24, 2.45) is 0 Å². The van der Waals surface area contributed by atoms with Crippen LogP contribution in [-0.2, 0) is 0 Å². The number of aliphatic hydroxyl groups is 1. The van der Waals surface area contributed by atoms with Gasteiger partial charge in [-0.15, -0.1) is 0 Å². The molecule has 18 heavy (non-hydrogen) atoms. The van der Waals surface area contributed by atoms with E-state index in [1.165, 1.54) is 11.8 Å². The first-order valence-electron chi connectivity index (χ1n) is 6.26. The summed E-state index contributed by atoms with van der Waals surface area (Å²) in [6.07, 6.45) is -0.372. The fourth-order valence-corrected chi connectivity index (χ4v) is 2.27. The first-order valence-corrected chi connectivity index (χ1v) is 7.24. The summed E-state index contributed by atoms with van der Waals surface area (Å²) in [7, 11) is 0. The zero-order valence-electron chi connectivity index (χ0n) is 11.8. The SMILES string of the molecule is Cc1nc(SCC(O)CNC(C)C)nc(C)c1C. The number of nitrogens with one attached hydrogen (secondary N) is 1. The van der Waals surface area contributed by atoms with Gasteiger partial charge in [0, 0.05) is 29.7 Å². The molecule has 1 heterocycles. The van der Waals surface area contributed by atoms with Crippen molar-refractivity contribution in [3.63, 3.8) is 0 Å². The van der Waals surface area contributed by atoms with Crippen LogP contribution in [0.2, 0.25) is 0 Å². The number of thioether (sulfide) groups is 1. The van der Waals surface area contributed by atoms with Gasteiger partial charge < -0.3 is 10.4 Å². The largest absolute Gasteiger partial charge is 0.391 e. The Morgan fingerprint density at radius 1 is 1.17 bits per heavy atom. The Labute approximate surface area is 114 Å². The molecule has 1 aromatic heterocycles. The molecular weight excluding hydrogens is 246 g/mol. The third-order valence-electron chi connectivity index (χ3n) is 2.78. The Morgan fingerprint density at radius 2 is 1.72 bits per heavy atom. The third kappa shape index (κ3) is 4.92. The maximum absolute atomic E-state index is 9.81. The van der Waals surface area contributed by atoms with Crippen LogP contribution in [0.4, 0.5) is 0 Å². The Kier molecular flexibility index (Phi) is 6.05. The highest BCUT2D eigenvalue weighted by molar-refractivity contribution is 7.99. The smallest absolute Gasteiger partial charge is 0.188 e. The lowest BCUT2D eigenvalue weighted by Crippen LogP contribution is -2.33. The Bertz CT molecular complexity index is 373. The quantitative estimate of drug-likeness (QED) is 0.610. The zero-order valence-corrected chi connectivity index (χ0v) is 12.6. The highest BCUT2D eigenvalue weighted by Gasteiger charge is 2.09. The Balaban J connectivity index is 2.48. The number of hydrogen-bond donors (Lipinski definition) is 2. The summed E-state index contributed by atoms with van der Waals surface area (Å²) >= 11 is 1.51. The summed E-state index contributed by atoms with van der Waals surface area (Å²) < 4.78 is 0. The van der Waals surface area contributed by atoms with Gasteiger partial charge >= 0.3 is 0 Å². The third-order valence-corrected chi connectivity index (χ3v) is 3.77. The summed E-state index contributed by atoms with van der Waals surface area (Å²) in [5, 5.41) is 13.8. The summed E-state index contributed by atoms with van der Waals surface area (Å²) in [6, 6.07) is 0.393. The van der Waals surface area contributed by atoms with E-state index in [-0.39, 0.29) is 6.10 Å². The van der Waals surface area contributed by atoms with Gasteiger partial charge in [-0.05, 0) is 26.3 Å². The molecule has 1 aromatic rings. The molecule has 102 valence electrons. The van der Waals surface area contributed by atoms with E-state index in [0.29, 0.717) is 18.3 Å². The molecule has 1 atom stereocenters. The van der Waals surface area contributed by atoms with Gasteiger partial charge in [0.1, 0.15) is 0 Å². The van der Waals surface area contributed by atoms with Crippen LogP contribution in [0.3, 0.4) is 0 Å². The van der Waals surface area contributed by atoms with Crippen molar-refractivity contribution in [3.8, 4) is 0 Å². The average Bonchev–Trinajstić information content (AvgIpc) is 2.30. The second-order valence-electron chi connectivity index (χ2n) is 4.83. The molecule has 0 aliphatic heterocycles. The summed E-state index contributed by atoms with van der Waals surface area (Å²) in [6.45, 7) is 10.7. The number of nitrogens with zero attached hydrogens (tertiary/aromatic N) is 2. The highest BCUT2D eigenvalue weighted by Crippen LogP contribution is 2.17. The molecule has 0 saturated heterocycles. The zero-order chi connectivity index (χ0) is 13.7. The highest BCUT2D eigenvalue weighted by atomic mass is 32.2. The van der Waals surface area contributed by atoms with Gasteiger partial charge in [-0.1, -0.05) is 25.6 Å². The van der Waals surface area contributed by atoms with E-state index in [1.807, 2.05) is 20.8 Å². The maximum Gasteiger partial charge on any atom is 0.188 e. The van der Waals surface area contributed by atoms with Crippen LogP contribution < -0.4 is 5.32 Å². The lowest BCUT2D eigenvalue weighted by atomic mass is 10.2. The minimum Gasteiger partial charge on any atom is -0.391 e. The van der Waals surface area contributed by atoms with Gasteiger partial charge in [-0.3, -0.25) is 0 Å². The monoisotopic (exact) mass is 269 g/mol. The van der Waals surface area contributed by atoms with Crippen LogP contribution >= 0.6 is 11.8 Å². The van der Waals surface area contributed by atoms with Crippen molar-refractivity contribution < 1.29 is 5.11 Å². The van der Waals surface area contributed by atoms with E-state index < -0.39 is 0 Å². The normalized spacial score (nSPS) is 13.1. The van der Waals surface area contributed by atoms with Crippen molar-refractivity contribution in [1.82, 2.24) is 15.3 Å². The first kappa shape index (κ1) is 15.4. The van der Waals surface area contributed by atoms with Gasteiger partial charge in [0.15, 0.2) is 5.16 Å². The molecule has 0 amide bonds. The second kappa shape index (κ2) is 7.07. The first-order chi connectivity index (χ1) is 8.40. The van der Waals surface area contributed by atoms with Crippen LogP contribution in [-0.4, -0.2) is 39.5 Å². The number of hydrogen-bond acceptors (Lipinski definition) is 5. The predicted molar refractivity (Wildman–Crippen MR) is 76.1 cm³/mol. The molecule has 0 aromatic carbocycles. The molecule has 0 spiro atoms. The lowest BCUT2D eigenvalue weighted by Gasteiger charge is -2.13. The molecule has 0 fully saturated rings. The molecule has 4 nitrogen and oxygen atoms in total. The summed E-state index contributed by atoms with van der Waals surface area (Å²) in [5.41, 5.74) is 3.17. The van der Waals surface area contributed by atoms with Gasteiger partial charge in [0.2, 0.25) is 0 Å². The second-order valence-corrected chi connectivity index (χ2v) is 5.82. The standard InChI is InChI=1S/C13H23N3OS/c1-8(2)14-6-12(17)7-18-13-15-10(4)9(3)11(5)16-13/h8,12,14,17H,6-7H2,1-5H3. The van der Waals surface area contributed by atoms with E-state index in [9.17, 15) is 5.11 Å². The molecule has 0 bridgehead atoms. The van der Waals surface area contributed by atoms with Crippen molar-refractivity contribution >= 4 is 11.8 Å². The van der Waals surface area contributed by atoms with E-state index in [4.69, 9.17) is 0 Å². The van der Waals surface area contributed by atoms with Crippen LogP contribution in [0.25, 0.3) is 0 Å². The molecule has 0 radical (unpaired) electrons. The van der Waals surface area contributed by atoms with E-state index in [1.54, 1.807) is 0 Å². The number of rotatable bonds is 6.